The van der Waals surface area contributed by atoms with Gasteiger partial charge in [0.25, 0.3) is 5.91 Å². The van der Waals surface area contributed by atoms with Gasteiger partial charge in [-0.3, -0.25) is 4.79 Å². The van der Waals surface area contributed by atoms with Crippen molar-refractivity contribution >= 4 is 44.1 Å². The molecule has 1 aliphatic carbocycles. The van der Waals surface area contributed by atoms with Gasteiger partial charge in [0, 0.05) is 14.9 Å². The van der Waals surface area contributed by atoms with Gasteiger partial charge < -0.3 is 10.1 Å². The predicted octanol–water partition coefficient (Wildman–Crippen LogP) is 5.21. The number of benzene rings is 1. The number of thiophene rings is 1. The lowest BCUT2D eigenvalue weighted by Crippen LogP contribution is -2.17. The van der Waals surface area contributed by atoms with Crippen molar-refractivity contribution in [3.63, 3.8) is 0 Å². The number of rotatable bonds is 4. The minimum atomic E-state index is -0.348. The van der Waals surface area contributed by atoms with E-state index in [1.807, 2.05) is 26.0 Å². The number of carbonyl (C=O) groups excluding carboxylic acids is 2. The molecule has 25 heavy (non-hydrogen) atoms. The number of aryl methyl sites for hydroxylation is 1. The number of hydrogen-bond acceptors (Lipinski definition) is 4. The number of halogens is 1. The van der Waals surface area contributed by atoms with E-state index in [1.165, 1.54) is 16.2 Å². The smallest absolute Gasteiger partial charge is 0.341 e. The highest BCUT2D eigenvalue weighted by Gasteiger charge is 2.28. The predicted molar refractivity (Wildman–Crippen MR) is 104 cm³/mol. The van der Waals surface area contributed by atoms with Crippen LogP contribution in [0.2, 0.25) is 0 Å². The van der Waals surface area contributed by atoms with E-state index in [0.717, 1.165) is 35.7 Å². The minimum absolute atomic E-state index is 0.194. The van der Waals surface area contributed by atoms with Crippen LogP contribution in [0.15, 0.2) is 28.7 Å². The number of amides is 1. The summed E-state index contributed by atoms with van der Waals surface area (Å²) in [6, 6.07) is 7.19. The highest BCUT2D eigenvalue weighted by Crippen LogP contribution is 2.39. The molecular formula is C19H20BrNO3S. The van der Waals surface area contributed by atoms with E-state index in [1.54, 1.807) is 12.1 Å². The van der Waals surface area contributed by atoms with E-state index >= 15 is 0 Å². The monoisotopic (exact) mass is 421 g/mol. The number of ether oxygens (including phenoxy) is 1. The summed E-state index contributed by atoms with van der Waals surface area (Å²) in [5.41, 5.74) is 2.13. The summed E-state index contributed by atoms with van der Waals surface area (Å²) in [6.07, 6.45) is 3.80. The number of esters is 1. The maximum Gasteiger partial charge on any atom is 0.341 e. The van der Waals surface area contributed by atoms with Gasteiger partial charge in [-0.25, -0.2) is 4.79 Å². The third kappa shape index (κ3) is 4.12. The molecule has 0 atom stereocenters. The van der Waals surface area contributed by atoms with Crippen LogP contribution < -0.4 is 5.32 Å². The van der Waals surface area contributed by atoms with E-state index in [4.69, 9.17) is 4.74 Å². The summed E-state index contributed by atoms with van der Waals surface area (Å²) in [4.78, 5) is 26.4. The molecule has 3 rings (SSSR count). The Labute approximate surface area is 159 Å². The normalized spacial score (nSPS) is 13.4. The molecule has 6 heteroatoms. The van der Waals surface area contributed by atoms with Crippen LogP contribution in [0.1, 0.15) is 57.8 Å². The average Bonchev–Trinajstić information content (AvgIpc) is 2.92. The summed E-state index contributed by atoms with van der Waals surface area (Å²) in [5, 5.41) is 3.52. The van der Waals surface area contributed by atoms with Crippen LogP contribution in [0.25, 0.3) is 0 Å². The zero-order valence-corrected chi connectivity index (χ0v) is 16.6. The first-order chi connectivity index (χ1) is 12.0. The van der Waals surface area contributed by atoms with Gasteiger partial charge in [-0.2, -0.15) is 0 Å². The maximum absolute atomic E-state index is 12.6. The zero-order valence-electron chi connectivity index (χ0n) is 14.2. The van der Waals surface area contributed by atoms with Gasteiger partial charge in [-0.05, 0) is 63.3 Å². The zero-order chi connectivity index (χ0) is 18.0. The van der Waals surface area contributed by atoms with Gasteiger partial charge in [0.2, 0.25) is 0 Å². The molecule has 1 aliphatic rings. The summed E-state index contributed by atoms with van der Waals surface area (Å²) >= 11 is 4.88. The molecule has 0 aliphatic heterocycles. The van der Waals surface area contributed by atoms with Gasteiger partial charge in [-0.15, -0.1) is 11.3 Å². The molecule has 0 bridgehead atoms. The summed E-state index contributed by atoms with van der Waals surface area (Å²) < 4.78 is 6.25. The standard InChI is InChI=1S/C19H20BrNO3S/c1-11(2)24-19(23)16-14-8-3-4-9-15(14)25-18(16)21-17(22)12-6-5-7-13(20)10-12/h5-7,10-11H,3-4,8-9H2,1-2H3,(H,21,22). The fraction of sp³-hybridized carbons (Fsp3) is 0.368. The van der Waals surface area contributed by atoms with Crippen molar-refractivity contribution < 1.29 is 14.3 Å². The van der Waals surface area contributed by atoms with Crippen LogP contribution >= 0.6 is 27.3 Å². The molecule has 2 aromatic rings. The highest BCUT2D eigenvalue weighted by atomic mass is 79.9. The lowest BCUT2D eigenvalue weighted by molar-refractivity contribution is 0.0378. The first-order valence-electron chi connectivity index (χ1n) is 8.38. The first-order valence-corrected chi connectivity index (χ1v) is 9.99. The molecule has 1 aromatic carbocycles. The van der Waals surface area contributed by atoms with Crippen molar-refractivity contribution in [1.82, 2.24) is 0 Å². The van der Waals surface area contributed by atoms with Crippen LogP contribution in [0.4, 0.5) is 5.00 Å². The Hall–Kier alpha value is -1.66. The van der Waals surface area contributed by atoms with Crippen LogP contribution in [0.5, 0.6) is 0 Å². The van der Waals surface area contributed by atoms with Gasteiger partial charge in [-0.1, -0.05) is 22.0 Å². The Morgan fingerprint density at radius 3 is 2.72 bits per heavy atom. The van der Waals surface area contributed by atoms with Crippen LogP contribution in [0, 0.1) is 0 Å². The number of anilines is 1. The summed E-state index contributed by atoms with van der Waals surface area (Å²) in [7, 11) is 0. The topological polar surface area (TPSA) is 55.4 Å². The average molecular weight is 422 g/mol. The van der Waals surface area contributed by atoms with E-state index in [9.17, 15) is 9.59 Å². The summed E-state index contributed by atoms with van der Waals surface area (Å²) in [5.74, 6) is -0.572. The molecular weight excluding hydrogens is 402 g/mol. The van der Waals surface area contributed by atoms with Crippen LogP contribution in [-0.2, 0) is 17.6 Å². The number of nitrogens with one attached hydrogen (secondary N) is 1. The van der Waals surface area contributed by atoms with Crippen molar-refractivity contribution in [3.05, 3.63) is 50.3 Å². The Balaban J connectivity index is 1.93. The molecule has 0 spiro atoms. The highest BCUT2D eigenvalue weighted by molar-refractivity contribution is 9.10. The molecule has 1 aromatic heterocycles. The fourth-order valence-corrected chi connectivity index (χ4v) is 4.62. The molecule has 1 amide bonds. The maximum atomic E-state index is 12.6. The van der Waals surface area contributed by atoms with Crippen molar-refractivity contribution in [2.24, 2.45) is 0 Å². The van der Waals surface area contributed by atoms with Gasteiger partial charge in [0.1, 0.15) is 5.00 Å². The lowest BCUT2D eigenvalue weighted by atomic mass is 9.95. The van der Waals surface area contributed by atoms with E-state index in [2.05, 4.69) is 21.2 Å². The molecule has 1 heterocycles. The van der Waals surface area contributed by atoms with Crippen molar-refractivity contribution in [2.75, 3.05) is 5.32 Å². The van der Waals surface area contributed by atoms with Crippen LogP contribution in [0.3, 0.4) is 0 Å². The molecule has 132 valence electrons. The second-order valence-corrected chi connectivity index (χ2v) is 8.35. The number of carbonyl (C=O) groups is 2. The SMILES string of the molecule is CC(C)OC(=O)c1c(NC(=O)c2cccc(Br)c2)sc2c1CCCC2. The van der Waals surface area contributed by atoms with E-state index in [-0.39, 0.29) is 18.0 Å². The Kier molecular flexibility index (Phi) is 5.59. The lowest BCUT2D eigenvalue weighted by Gasteiger charge is -2.14. The van der Waals surface area contributed by atoms with E-state index < -0.39 is 0 Å². The quantitative estimate of drug-likeness (QED) is 0.689. The third-order valence-electron chi connectivity index (χ3n) is 4.03. The Bertz CT molecular complexity index is 813. The first kappa shape index (κ1) is 18.1. The molecule has 0 radical (unpaired) electrons. The molecule has 1 N–H and O–H groups in total. The Morgan fingerprint density at radius 2 is 2.00 bits per heavy atom. The second kappa shape index (κ2) is 7.70. The number of hydrogen-bond donors (Lipinski definition) is 1. The minimum Gasteiger partial charge on any atom is -0.459 e. The second-order valence-electron chi connectivity index (χ2n) is 6.33. The fourth-order valence-electron chi connectivity index (χ4n) is 2.95. The van der Waals surface area contributed by atoms with E-state index in [0.29, 0.717) is 16.1 Å². The van der Waals surface area contributed by atoms with Gasteiger partial charge in [0.15, 0.2) is 0 Å². The number of fused-ring (bicyclic) bond motifs is 1. The van der Waals surface area contributed by atoms with Crippen molar-refractivity contribution in [1.29, 1.82) is 0 Å². The summed E-state index contributed by atoms with van der Waals surface area (Å²) in [6.45, 7) is 3.66. The Morgan fingerprint density at radius 1 is 1.24 bits per heavy atom. The molecule has 0 saturated heterocycles. The molecule has 0 fully saturated rings. The van der Waals surface area contributed by atoms with Gasteiger partial charge >= 0.3 is 5.97 Å². The third-order valence-corrected chi connectivity index (χ3v) is 5.73. The molecule has 4 nitrogen and oxygen atoms in total. The van der Waals surface area contributed by atoms with Crippen LogP contribution in [-0.4, -0.2) is 18.0 Å². The largest absolute Gasteiger partial charge is 0.459 e. The molecule has 0 saturated carbocycles. The van der Waals surface area contributed by atoms with Gasteiger partial charge in [0.05, 0.1) is 11.7 Å². The van der Waals surface area contributed by atoms with Crippen molar-refractivity contribution in [2.45, 2.75) is 45.6 Å². The van der Waals surface area contributed by atoms with Crippen molar-refractivity contribution in [3.8, 4) is 0 Å². The molecule has 0 unspecified atom stereocenters.